The lowest BCUT2D eigenvalue weighted by molar-refractivity contribution is 0.626. The van der Waals surface area contributed by atoms with Crippen LogP contribution in [0.4, 0.5) is 0 Å². The number of rotatable bonds is 1. The number of benzene rings is 2. The molecule has 0 saturated heterocycles. The summed E-state index contributed by atoms with van der Waals surface area (Å²) in [7, 11) is 2.01. The Morgan fingerprint density at radius 1 is 0.864 bits per heavy atom. The monoisotopic (exact) mass is 305 g/mol. The van der Waals surface area contributed by atoms with Crippen LogP contribution < -0.4 is 0 Å². The fraction of sp³-hybridized carbons (Fsp3) is 0.350. The van der Waals surface area contributed by atoms with E-state index in [1.807, 2.05) is 7.05 Å². The molecule has 2 aromatic carbocycles. The minimum absolute atomic E-state index is 0.0757. The van der Waals surface area contributed by atoms with Gasteiger partial charge in [0.15, 0.2) is 0 Å². The Hall–Kier alpha value is -1.67. The van der Waals surface area contributed by atoms with E-state index in [9.17, 15) is 0 Å². The third-order valence-electron chi connectivity index (χ3n) is 5.69. The van der Waals surface area contributed by atoms with Crippen LogP contribution in [0.25, 0.3) is 0 Å². The van der Waals surface area contributed by atoms with Gasteiger partial charge in [-0.1, -0.05) is 60.6 Å². The topological polar surface area (TPSA) is 12.4 Å². The maximum absolute atomic E-state index is 4.68. The van der Waals surface area contributed by atoms with Gasteiger partial charge < -0.3 is 0 Å². The van der Waals surface area contributed by atoms with E-state index in [4.69, 9.17) is 0 Å². The summed E-state index contributed by atoms with van der Waals surface area (Å²) in [6.45, 7) is 2.48. The minimum Gasteiger partial charge on any atom is -0.287 e. The van der Waals surface area contributed by atoms with Crippen molar-refractivity contribution in [2.75, 3.05) is 7.05 Å². The normalized spacial score (nSPS) is 26.5. The number of aliphatic imine (C=N–C) groups is 1. The zero-order valence-corrected chi connectivity index (χ0v) is 14.8. The molecular weight excluding hydrogens is 282 g/mol. The van der Waals surface area contributed by atoms with Crippen LogP contribution in [0.15, 0.2) is 53.5 Å². The van der Waals surface area contributed by atoms with Crippen LogP contribution >= 0.6 is 0 Å². The van der Waals surface area contributed by atoms with E-state index in [1.54, 1.807) is 0 Å². The summed E-state index contributed by atoms with van der Waals surface area (Å²) in [4.78, 5) is 4.68. The molecule has 22 heavy (non-hydrogen) atoms. The zero-order valence-electron chi connectivity index (χ0n) is 13.4. The van der Waals surface area contributed by atoms with Gasteiger partial charge >= 0.3 is 0 Å². The van der Waals surface area contributed by atoms with Gasteiger partial charge in [-0.2, -0.15) is 0 Å². The van der Waals surface area contributed by atoms with Crippen molar-refractivity contribution in [3.8, 4) is 0 Å². The number of hydrogen-bond acceptors (Lipinski definition) is 1. The van der Waals surface area contributed by atoms with E-state index in [0.29, 0.717) is 11.8 Å². The third-order valence-corrected chi connectivity index (χ3v) is 7.51. The molecule has 0 N–H and O–H groups in total. The summed E-state index contributed by atoms with van der Waals surface area (Å²) in [5.41, 5.74) is 7.98. The Morgan fingerprint density at radius 3 is 1.82 bits per heavy atom. The van der Waals surface area contributed by atoms with Crippen molar-refractivity contribution >= 4 is 15.2 Å². The fourth-order valence-electron chi connectivity index (χ4n) is 4.62. The van der Waals surface area contributed by atoms with Gasteiger partial charge in [-0.25, -0.2) is 0 Å². The number of nitrogens with zero attached hydrogens (tertiary/aromatic N) is 1. The molecule has 2 atom stereocenters. The molecule has 2 aliphatic carbocycles. The summed E-state index contributed by atoms with van der Waals surface area (Å²) in [6.07, 6.45) is 2.77. The Bertz CT molecular complexity index is 676. The van der Waals surface area contributed by atoms with Gasteiger partial charge in [0, 0.05) is 27.7 Å². The Balaban J connectivity index is 1.98. The zero-order chi connectivity index (χ0) is 15.1. The maximum Gasteiger partial charge on any atom is 0.0721 e. The highest BCUT2D eigenvalue weighted by Crippen LogP contribution is 2.54. The average molecular weight is 305 g/mol. The molecule has 112 valence electrons. The lowest BCUT2D eigenvalue weighted by Crippen LogP contribution is -2.07. The number of hydrogen-bond donors (Lipinski definition) is 0. The smallest absolute Gasteiger partial charge is 0.0721 e. The molecule has 0 radical (unpaired) electrons. The van der Waals surface area contributed by atoms with Crippen molar-refractivity contribution in [2.45, 2.75) is 36.8 Å². The van der Waals surface area contributed by atoms with Crippen LogP contribution in [0, 0.1) is 0 Å². The molecule has 0 spiro atoms. The maximum atomic E-state index is 4.68. The molecule has 2 aliphatic rings. The van der Waals surface area contributed by atoms with E-state index in [1.165, 1.54) is 40.8 Å². The molecule has 2 heteroatoms. The average Bonchev–Trinajstić information content (AvgIpc) is 2.96. The molecule has 2 unspecified atom stereocenters. The standard InChI is InChI=1S/C20H23NSi/c1-21-20-16-9-5-3-7-14(16)18-11-13(22-2)12-19(18)15-8-4-6-10-17(15)20/h3-10,13,18-19H,11-12,22H2,1-2H3. The first kappa shape index (κ1) is 14.0. The lowest BCUT2D eigenvalue weighted by Gasteiger charge is -2.19. The second-order valence-corrected chi connectivity index (χ2v) is 8.68. The summed E-state index contributed by atoms with van der Waals surface area (Å²) < 4.78 is 0. The highest BCUT2D eigenvalue weighted by Gasteiger charge is 2.40. The molecule has 0 heterocycles. The highest BCUT2D eigenvalue weighted by atomic mass is 28.2. The number of fused-ring (bicyclic) bond motifs is 5. The molecule has 0 aliphatic heterocycles. The molecule has 1 fully saturated rings. The predicted molar refractivity (Wildman–Crippen MR) is 97.3 cm³/mol. The second kappa shape index (κ2) is 5.51. The molecule has 2 aromatic rings. The molecule has 1 saturated carbocycles. The van der Waals surface area contributed by atoms with Gasteiger partial charge in [0.25, 0.3) is 0 Å². The van der Waals surface area contributed by atoms with Gasteiger partial charge in [0.1, 0.15) is 0 Å². The van der Waals surface area contributed by atoms with Crippen molar-refractivity contribution in [3.05, 3.63) is 70.8 Å². The van der Waals surface area contributed by atoms with Gasteiger partial charge in [0.2, 0.25) is 0 Å². The minimum atomic E-state index is 0.0757. The molecule has 0 bridgehead atoms. The molecule has 0 aromatic heterocycles. The third kappa shape index (κ3) is 2.01. The Labute approximate surface area is 135 Å². The van der Waals surface area contributed by atoms with Crippen molar-refractivity contribution in [3.63, 3.8) is 0 Å². The SMILES string of the molecule is CN=C1c2ccccc2C2CC([SiH2]C)CC2c2ccccc21. The van der Waals surface area contributed by atoms with Crippen molar-refractivity contribution in [1.29, 1.82) is 0 Å². The van der Waals surface area contributed by atoms with Crippen LogP contribution in [0.3, 0.4) is 0 Å². The van der Waals surface area contributed by atoms with Gasteiger partial charge in [0.05, 0.1) is 5.71 Å². The summed E-state index contributed by atoms with van der Waals surface area (Å²) in [5, 5.41) is 0. The van der Waals surface area contributed by atoms with E-state index in [-0.39, 0.29) is 9.52 Å². The van der Waals surface area contributed by atoms with E-state index >= 15 is 0 Å². The van der Waals surface area contributed by atoms with Crippen LogP contribution in [0.2, 0.25) is 12.1 Å². The highest BCUT2D eigenvalue weighted by molar-refractivity contribution is 6.35. The first-order chi connectivity index (χ1) is 10.8. The molecule has 1 nitrogen and oxygen atoms in total. The van der Waals surface area contributed by atoms with Crippen LogP contribution in [0.5, 0.6) is 0 Å². The second-order valence-electron chi connectivity index (χ2n) is 6.71. The lowest BCUT2D eigenvalue weighted by atomic mass is 9.84. The van der Waals surface area contributed by atoms with E-state index in [0.717, 1.165) is 5.54 Å². The van der Waals surface area contributed by atoms with Gasteiger partial charge in [-0.05, 0) is 35.8 Å². The van der Waals surface area contributed by atoms with Gasteiger partial charge in [-0.15, -0.1) is 0 Å². The summed E-state index contributed by atoms with van der Waals surface area (Å²) in [5.74, 6) is 1.38. The molecular formula is C20H23NSi. The van der Waals surface area contributed by atoms with Crippen molar-refractivity contribution < 1.29 is 0 Å². The summed E-state index contributed by atoms with van der Waals surface area (Å²) in [6, 6.07) is 18.0. The Kier molecular flexibility index (Phi) is 3.49. The van der Waals surface area contributed by atoms with Crippen LogP contribution in [-0.2, 0) is 0 Å². The predicted octanol–water partition coefficient (Wildman–Crippen LogP) is 4.13. The van der Waals surface area contributed by atoms with E-state index < -0.39 is 0 Å². The molecule has 0 amide bonds. The van der Waals surface area contributed by atoms with Crippen LogP contribution in [0.1, 0.15) is 46.9 Å². The molecule has 4 rings (SSSR count). The van der Waals surface area contributed by atoms with Crippen molar-refractivity contribution in [1.82, 2.24) is 0 Å². The van der Waals surface area contributed by atoms with Crippen molar-refractivity contribution in [2.24, 2.45) is 4.99 Å². The Morgan fingerprint density at radius 2 is 1.36 bits per heavy atom. The first-order valence-electron chi connectivity index (χ1n) is 8.48. The first-order valence-corrected chi connectivity index (χ1v) is 10.7. The quantitative estimate of drug-likeness (QED) is 0.702. The van der Waals surface area contributed by atoms with Gasteiger partial charge in [-0.3, -0.25) is 4.99 Å². The largest absolute Gasteiger partial charge is 0.287 e. The summed E-state index contributed by atoms with van der Waals surface area (Å²) >= 11 is 0. The van der Waals surface area contributed by atoms with E-state index in [2.05, 4.69) is 60.1 Å². The fourth-order valence-corrected chi connectivity index (χ4v) is 6.01. The van der Waals surface area contributed by atoms with Crippen LogP contribution in [-0.4, -0.2) is 22.3 Å².